The molecule has 0 saturated heterocycles. The van der Waals surface area contributed by atoms with Crippen molar-refractivity contribution >= 4 is 16.9 Å². The number of aromatic nitrogens is 2. The molecule has 5 nitrogen and oxygen atoms in total. The van der Waals surface area contributed by atoms with Crippen molar-refractivity contribution in [1.82, 2.24) is 14.5 Å². The van der Waals surface area contributed by atoms with Crippen LogP contribution >= 0.6 is 0 Å². The minimum atomic E-state index is -0.115. The predicted octanol–water partition coefficient (Wildman–Crippen LogP) is 1.27. The molecular weight excluding hydrogens is 240 g/mol. The van der Waals surface area contributed by atoms with Crippen LogP contribution in [0.3, 0.4) is 0 Å². The predicted molar refractivity (Wildman–Crippen MR) is 75.5 cm³/mol. The quantitative estimate of drug-likeness (QED) is 0.900. The van der Waals surface area contributed by atoms with Crippen LogP contribution in [0.4, 0.5) is 0 Å². The molecule has 2 rings (SSSR count). The van der Waals surface area contributed by atoms with E-state index in [9.17, 15) is 4.79 Å². The number of imidazole rings is 1. The molecule has 1 aromatic carbocycles. The van der Waals surface area contributed by atoms with Crippen molar-refractivity contribution in [3.05, 3.63) is 30.1 Å². The highest BCUT2D eigenvalue weighted by Crippen LogP contribution is 2.15. The summed E-state index contributed by atoms with van der Waals surface area (Å²) in [5.74, 6) is 0.920. The van der Waals surface area contributed by atoms with Gasteiger partial charge in [0.1, 0.15) is 5.82 Å². The maximum Gasteiger partial charge on any atom is 0.224 e. The summed E-state index contributed by atoms with van der Waals surface area (Å²) in [6.07, 6.45) is 0.362. The topological polar surface area (TPSA) is 64.2 Å². The summed E-state index contributed by atoms with van der Waals surface area (Å²) in [4.78, 5) is 18.1. The molecule has 0 aliphatic rings. The number of para-hydroxylation sites is 2. The Hall–Kier alpha value is -1.88. The van der Waals surface area contributed by atoms with Gasteiger partial charge in [-0.2, -0.15) is 0 Å². The van der Waals surface area contributed by atoms with Gasteiger partial charge in [-0.05, 0) is 19.1 Å². The molecule has 0 bridgehead atoms. The van der Waals surface area contributed by atoms with Crippen molar-refractivity contribution in [2.75, 3.05) is 7.05 Å². The van der Waals surface area contributed by atoms with E-state index < -0.39 is 0 Å². The Balaban J connectivity index is 2.17. The first-order chi connectivity index (χ1) is 8.99. The van der Waals surface area contributed by atoms with Gasteiger partial charge in [-0.1, -0.05) is 12.1 Å². The number of carbonyl (C=O) groups is 1. The van der Waals surface area contributed by atoms with Gasteiger partial charge >= 0.3 is 0 Å². The molecule has 1 unspecified atom stereocenters. The lowest BCUT2D eigenvalue weighted by Crippen LogP contribution is -2.32. The Bertz CT molecular complexity index is 588. The zero-order chi connectivity index (χ0) is 14.0. The number of rotatable bonds is 4. The minimum Gasteiger partial charge on any atom is -0.338 e. The molecule has 0 aliphatic carbocycles. The van der Waals surface area contributed by atoms with Gasteiger partial charge in [-0.25, -0.2) is 4.98 Å². The summed E-state index contributed by atoms with van der Waals surface area (Å²) in [5.41, 5.74) is 7.67. The van der Waals surface area contributed by atoms with E-state index >= 15 is 0 Å². The van der Waals surface area contributed by atoms with Gasteiger partial charge in [0.05, 0.1) is 17.6 Å². The van der Waals surface area contributed by atoms with E-state index in [1.54, 1.807) is 11.9 Å². The van der Waals surface area contributed by atoms with Crippen LogP contribution in [0.15, 0.2) is 24.3 Å². The molecule has 1 aromatic heterocycles. The van der Waals surface area contributed by atoms with Crippen LogP contribution in [0.5, 0.6) is 0 Å². The second kappa shape index (κ2) is 5.40. The average Bonchev–Trinajstić information content (AvgIpc) is 2.66. The smallest absolute Gasteiger partial charge is 0.224 e. The maximum atomic E-state index is 11.9. The number of nitrogens with two attached hydrogens (primary N) is 1. The summed E-state index contributed by atoms with van der Waals surface area (Å²) in [6, 6.07) is 7.83. The van der Waals surface area contributed by atoms with E-state index in [1.165, 1.54) is 0 Å². The molecule has 0 fully saturated rings. The molecule has 2 N–H and O–H groups in total. The maximum absolute atomic E-state index is 11.9. The van der Waals surface area contributed by atoms with Gasteiger partial charge in [0.25, 0.3) is 0 Å². The fourth-order valence-electron chi connectivity index (χ4n) is 2.07. The molecule has 2 aromatic rings. The van der Waals surface area contributed by atoms with E-state index in [0.717, 1.165) is 16.9 Å². The summed E-state index contributed by atoms with van der Waals surface area (Å²) < 4.78 is 2.02. The van der Waals surface area contributed by atoms with E-state index in [-0.39, 0.29) is 11.9 Å². The number of nitrogens with zero attached hydrogens (tertiary/aromatic N) is 3. The monoisotopic (exact) mass is 260 g/mol. The third kappa shape index (κ3) is 2.93. The Morgan fingerprint density at radius 2 is 2.16 bits per heavy atom. The van der Waals surface area contributed by atoms with Crippen molar-refractivity contribution in [1.29, 1.82) is 0 Å². The second-order valence-corrected chi connectivity index (χ2v) is 5.01. The number of hydrogen-bond acceptors (Lipinski definition) is 3. The van der Waals surface area contributed by atoms with Crippen molar-refractivity contribution in [2.24, 2.45) is 12.8 Å². The van der Waals surface area contributed by atoms with Gasteiger partial charge in [-0.15, -0.1) is 0 Å². The lowest BCUT2D eigenvalue weighted by Gasteiger charge is -2.18. The van der Waals surface area contributed by atoms with Crippen LogP contribution in [-0.4, -0.2) is 33.4 Å². The molecule has 0 saturated carbocycles. The molecular formula is C14H20N4O. The SMILES string of the molecule is CC(N)CC(=O)N(C)Cc1nc2ccccc2n1C. The largest absolute Gasteiger partial charge is 0.338 e. The van der Waals surface area contributed by atoms with E-state index in [1.807, 2.05) is 42.8 Å². The molecule has 1 heterocycles. The van der Waals surface area contributed by atoms with Gasteiger partial charge < -0.3 is 15.2 Å². The number of benzene rings is 1. The third-order valence-corrected chi connectivity index (χ3v) is 3.18. The van der Waals surface area contributed by atoms with E-state index in [0.29, 0.717) is 13.0 Å². The van der Waals surface area contributed by atoms with Crippen molar-refractivity contribution in [3.63, 3.8) is 0 Å². The first kappa shape index (κ1) is 13.5. The fraction of sp³-hybridized carbons (Fsp3) is 0.429. The van der Waals surface area contributed by atoms with Crippen LogP contribution in [0.2, 0.25) is 0 Å². The highest BCUT2D eigenvalue weighted by atomic mass is 16.2. The van der Waals surface area contributed by atoms with Crippen molar-refractivity contribution in [2.45, 2.75) is 25.9 Å². The molecule has 5 heteroatoms. The molecule has 1 atom stereocenters. The lowest BCUT2D eigenvalue weighted by atomic mass is 10.2. The minimum absolute atomic E-state index is 0.0436. The highest BCUT2D eigenvalue weighted by molar-refractivity contribution is 5.77. The molecule has 1 amide bonds. The zero-order valence-corrected chi connectivity index (χ0v) is 11.6. The first-order valence-corrected chi connectivity index (χ1v) is 6.39. The summed E-state index contributed by atoms with van der Waals surface area (Å²) in [5, 5.41) is 0. The second-order valence-electron chi connectivity index (χ2n) is 5.01. The lowest BCUT2D eigenvalue weighted by molar-refractivity contribution is -0.130. The first-order valence-electron chi connectivity index (χ1n) is 6.39. The Labute approximate surface area is 113 Å². The van der Waals surface area contributed by atoms with Crippen LogP contribution in [0.1, 0.15) is 19.2 Å². The normalized spacial score (nSPS) is 12.6. The summed E-state index contributed by atoms with van der Waals surface area (Å²) in [7, 11) is 3.75. The van der Waals surface area contributed by atoms with Crippen LogP contribution in [0.25, 0.3) is 11.0 Å². The Kier molecular flexibility index (Phi) is 3.85. The van der Waals surface area contributed by atoms with Crippen molar-refractivity contribution in [3.8, 4) is 0 Å². The number of amides is 1. The van der Waals surface area contributed by atoms with Crippen LogP contribution < -0.4 is 5.73 Å². The molecule has 0 spiro atoms. The van der Waals surface area contributed by atoms with Crippen LogP contribution in [-0.2, 0) is 18.4 Å². The zero-order valence-electron chi connectivity index (χ0n) is 11.6. The number of carbonyl (C=O) groups excluding carboxylic acids is 1. The van der Waals surface area contributed by atoms with Gasteiger partial charge in [0.15, 0.2) is 0 Å². The van der Waals surface area contributed by atoms with Gasteiger partial charge in [0, 0.05) is 26.6 Å². The average molecular weight is 260 g/mol. The van der Waals surface area contributed by atoms with Crippen molar-refractivity contribution < 1.29 is 4.79 Å². The van der Waals surface area contributed by atoms with Gasteiger partial charge in [0.2, 0.25) is 5.91 Å². The molecule has 0 radical (unpaired) electrons. The van der Waals surface area contributed by atoms with Gasteiger partial charge in [-0.3, -0.25) is 4.79 Å². The number of hydrogen-bond donors (Lipinski definition) is 1. The molecule has 0 aliphatic heterocycles. The standard InChI is InChI=1S/C14H20N4O/c1-10(15)8-14(19)17(2)9-13-16-11-6-4-5-7-12(11)18(13)3/h4-7,10H,8-9,15H2,1-3H3. The Morgan fingerprint density at radius 1 is 1.47 bits per heavy atom. The summed E-state index contributed by atoms with van der Waals surface area (Å²) >= 11 is 0. The Morgan fingerprint density at radius 3 is 2.79 bits per heavy atom. The summed E-state index contributed by atoms with van der Waals surface area (Å²) in [6.45, 7) is 2.33. The third-order valence-electron chi connectivity index (χ3n) is 3.18. The molecule has 102 valence electrons. The molecule has 19 heavy (non-hydrogen) atoms. The van der Waals surface area contributed by atoms with E-state index in [4.69, 9.17) is 5.73 Å². The number of aryl methyl sites for hydroxylation is 1. The fourth-order valence-corrected chi connectivity index (χ4v) is 2.07. The highest BCUT2D eigenvalue weighted by Gasteiger charge is 2.14. The van der Waals surface area contributed by atoms with Crippen LogP contribution in [0, 0.1) is 0 Å². The number of fused-ring (bicyclic) bond motifs is 1. The van der Waals surface area contributed by atoms with E-state index in [2.05, 4.69) is 4.98 Å².